The molecule has 0 aliphatic heterocycles. The minimum absolute atomic E-state index is 0.0484. The molecule has 0 unspecified atom stereocenters. The largest absolute Gasteiger partial charge is 0.456 e. The lowest BCUT2D eigenvalue weighted by atomic mass is 10.0. The van der Waals surface area contributed by atoms with Crippen molar-refractivity contribution >= 4 is 21.9 Å². The number of hydrogen-bond donors (Lipinski definition) is 0. The summed E-state index contributed by atoms with van der Waals surface area (Å²) in [6, 6.07) is 11.5. The Kier molecular flexibility index (Phi) is 3.30. The van der Waals surface area contributed by atoms with Gasteiger partial charge in [0.05, 0.1) is 0 Å². The van der Waals surface area contributed by atoms with Gasteiger partial charge in [0.1, 0.15) is 17.0 Å². The monoisotopic (exact) mass is 330 g/mol. The van der Waals surface area contributed by atoms with Crippen molar-refractivity contribution in [3.63, 3.8) is 0 Å². The van der Waals surface area contributed by atoms with E-state index in [1.165, 1.54) is 18.2 Å². The Morgan fingerprint density at radius 3 is 2.21 bits per heavy atom. The van der Waals surface area contributed by atoms with E-state index < -0.39 is 17.5 Å². The van der Waals surface area contributed by atoms with Crippen molar-refractivity contribution < 1.29 is 22.0 Å². The molecular formula is C19H10F4O. The molecular weight excluding hydrogens is 320 g/mol. The molecule has 1 aromatic heterocycles. The second-order valence-electron chi connectivity index (χ2n) is 5.58. The molecule has 5 heteroatoms. The van der Waals surface area contributed by atoms with Gasteiger partial charge < -0.3 is 4.42 Å². The summed E-state index contributed by atoms with van der Waals surface area (Å²) in [5.74, 6) is -4.28. The van der Waals surface area contributed by atoms with Crippen molar-refractivity contribution in [1.82, 2.24) is 0 Å². The molecule has 1 nitrogen and oxygen atoms in total. The number of benzene rings is 3. The van der Waals surface area contributed by atoms with E-state index in [4.69, 9.17) is 4.42 Å². The van der Waals surface area contributed by atoms with Crippen molar-refractivity contribution in [2.45, 2.75) is 6.42 Å². The lowest BCUT2D eigenvalue weighted by Crippen LogP contribution is -1.98. The standard InChI is InChI=1S/C19H10F4O/c20-12-3-6-17-14(9-12)13-8-10(1-5-16(13)24-17)7-11-2-4-15(21)19(23)18(11)22/h1-6,8-9H,7H2. The molecule has 4 aromatic rings. The van der Waals surface area contributed by atoms with Crippen LogP contribution in [0.3, 0.4) is 0 Å². The Bertz CT molecular complexity index is 1080. The van der Waals surface area contributed by atoms with Gasteiger partial charge >= 0.3 is 0 Å². The number of fused-ring (bicyclic) bond motifs is 3. The third-order valence-electron chi connectivity index (χ3n) is 4.01. The summed E-state index contributed by atoms with van der Waals surface area (Å²) in [5, 5.41) is 1.29. The van der Waals surface area contributed by atoms with Crippen LogP contribution in [-0.2, 0) is 6.42 Å². The molecule has 0 atom stereocenters. The van der Waals surface area contributed by atoms with E-state index in [-0.39, 0.29) is 17.8 Å². The molecule has 0 radical (unpaired) electrons. The van der Waals surface area contributed by atoms with Crippen LogP contribution >= 0.6 is 0 Å². The van der Waals surface area contributed by atoms with Crippen LogP contribution in [-0.4, -0.2) is 0 Å². The topological polar surface area (TPSA) is 13.1 Å². The van der Waals surface area contributed by atoms with E-state index in [2.05, 4.69) is 0 Å². The maximum atomic E-state index is 13.8. The SMILES string of the molecule is Fc1ccc2oc3ccc(Cc4ccc(F)c(F)c4F)cc3c2c1. The number of hydrogen-bond acceptors (Lipinski definition) is 1. The molecule has 0 saturated heterocycles. The van der Waals surface area contributed by atoms with Gasteiger partial charge in [-0.25, -0.2) is 17.6 Å². The predicted octanol–water partition coefficient (Wildman–Crippen LogP) is 5.73. The number of halogens is 4. The Labute approximate surface area is 134 Å². The van der Waals surface area contributed by atoms with Crippen LogP contribution in [0.15, 0.2) is 52.9 Å². The van der Waals surface area contributed by atoms with Gasteiger partial charge in [-0.1, -0.05) is 12.1 Å². The Morgan fingerprint density at radius 2 is 1.42 bits per heavy atom. The molecule has 1 heterocycles. The number of furan rings is 1. The zero-order valence-electron chi connectivity index (χ0n) is 12.2. The fourth-order valence-corrected chi connectivity index (χ4v) is 2.83. The van der Waals surface area contributed by atoms with Gasteiger partial charge in [0, 0.05) is 17.2 Å². The second kappa shape index (κ2) is 5.37. The smallest absolute Gasteiger partial charge is 0.194 e. The highest BCUT2D eigenvalue weighted by Crippen LogP contribution is 2.30. The van der Waals surface area contributed by atoms with Gasteiger partial charge in [-0.2, -0.15) is 0 Å². The molecule has 0 amide bonds. The van der Waals surface area contributed by atoms with Crippen molar-refractivity contribution in [3.05, 3.63) is 82.9 Å². The van der Waals surface area contributed by atoms with Crippen LogP contribution in [0.25, 0.3) is 21.9 Å². The van der Waals surface area contributed by atoms with Gasteiger partial charge in [0.25, 0.3) is 0 Å². The molecule has 0 bridgehead atoms. The summed E-state index contributed by atoms with van der Waals surface area (Å²) >= 11 is 0. The second-order valence-corrected chi connectivity index (χ2v) is 5.58. The predicted molar refractivity (Wildman–Crippen MR) is 82.8 cm³/mol. The molecule has 120 valence electrons. The van der Waals surface area contributed by atoms with E-state index in [1.807, 2.05) is 0 Å². The highest BCUT2D eigenvalue weighted by molar-refractivity contribution is 6.05. The van der Waals surface area contributed by atoms with Crippen molar-refractivity contribution in [2.75, 3.05) is 0 Å². The quantitative estimate of drug-likeness (QED) is 0.338. The van der Waals surface area contributed by atoms with E-state index in [1.54, 1.807) is 24.3 Å². The maximum absolute atomic E-state index is 13.8. The third kappa shape index (κ3) is 2.33. The first-order chi connectivity index (χ1) is 11.5. The summed E-state index contributed by atoms with van der Waals surface area (Å²) in [5.41, 5.74) is 1.85. The molecule has 0 aliphatic rings. The average Bonchev–Trinajstić information content (AvgIpc) is 2.93. The van der Waals surface area contributed by atoms with Crippen LogP contribution in [0.2, 0.25) is 0 Å². The number of rotatable bonds is 2. The van der Waals surface area contributed by atoms with E-state index >= 15 is 0 Å². The minimum atomic E-state index is -1.48. The van der Waals surface area contributed by atoms with E-state index in [0.717, 1.165) is 6.07 Å². The maximum Gasteiger partial charge on any atom is 0.194 e. The van der Waals surface area contributed by atoms with Crippen LogP contribution in [0.1, 0.15) is 11.1 Å². The molecule has 0 fully saturated rings. The van der Waals surface area contributed by atoms with Crippen LogP contribution in [0, 0.1) is 23.3 Å². The molecule has 0 spiro atoms. The summed E-state index contributed by atoms with van der Waals surface area (Å²) in [4.78, 5) is 0. The molecule has 0 N–H and O–H groups in total. The van der Waals surface area contributed by atoms with E-state index in [0.29, 0.717) is 27.5 Å². The van der Waals surface area contributed by atoms with Crippen LogP contribution in [0.5, 0.6) is 0 Å². The first-order valence-electron chi connectivity index (χ1n) is 7.26. The molecule has 0 aliphatic carbocycles. The van der Waals surface area contributed by atoms with E-state index in [9.17, 15) is 17.6 Å². The summed E-state index contributed by atoms with van der Waals surface area (Å²) in [6.07, 6.45) is 0.0843. The highest BCUT2D eigenvalue weighted by atomic mass is 19.2. The summed E-state index contributed by atoms with van der Waals surface area (Å²) < 4.78 is 59.3. The highest BCUT2D eigenvalue weighted by Gasteiger charge is 2.14. The molecule has 4 rings (SSSR count). The molecule has 0 saturated carbocycles. The summed E-state index contributed by atoms with van der Waals surface area (Å²) in [7, 11) is 0. The Balaban J connectivity index is 1.82. The zero-order chi connectivity index (χ0) is 16.8. The zero-order valence-corrected chi connectivity index (χ0v) is 12.2. The fraction of sp³-hybridized carbons (Fsp3) is 0.0526. The first kappa shape index (κ1) is 14.8. The fourth-order valence-electron chi connectivity index (χ4n) is 2.83. The lowest BCUT2D eigenvalue weighted by Gasteiger charge is -2.05. The van der Waals surface area contributed by atoms with Gasteiger partial charge in [0.15, 0.2) is 17.5 Å². The first-order valence-corrected chi connectivity index (χ1v) is 7.26. The van der Waals surface area contributed by atoms with Crippen molar-refractivity contribution in [1.29, 1.82) is 0 Å². The van der Waals surface area contributed by atoms with Crippen LogP contribution < -0.4 is 0 Å². The Hall–Kier alpha value is -2.82. The molecule has 24 heavy (non-hydrogen) atoms. The normalized spacial score (nSPS) is 11.5. The van der Waals surface area contributed by atoms with Crippen molar-refractivity contribution in [3.8, 4) is 0 Å². The molecule has 3 aromatic carbocycles. The average molecular weight is 330 g/mol. The lowest BCUT2D eigenvalue weighted by molar-refractivity contribution is 0.442. The van der Waals surface area contributed by atoms with Crippen LogP contribution in [0.4, 0.5) is 17.6 Å². The minimum Gasteiger partial charge on any atom is -0.456 e. The van der Waals surface area contributed by atoms with Gasteiger partial charge in [-0.15, -0.1) is 0 Å². The van der Waals surface area contributed by atoms with Gasteiger partial charge in [0.2, 0.25) is 0 Å². The Morgan fingerprint density at radius 1 is 0.708 bits per heavy atom. The van der Waals surface area contributed by atoms with Gasteiger partial charge in [-0.05, 0) is 47.5 Å². The third-order valence-corrected chi connectivity index (χ3v) is 4.01. The van der Waals surface area contributed by atoms with Gasteiger partial charge in [-0.3, -0.25) is 0 Å². The van der Waals surface area contributed by atoms with Crippen molar-refractivity contribution in [2.24, 2.45) is 0 Å². The summed E-state index contributed by atoms with van der Waals surface area (Å²) in [6.45, 7) is 0.